The molecule has 0 spiro atoms. The zero-order chi connectivity index (χ0) is 27.0. The first-order valence-electron chi connectivity index (χ1n) is 14.4. The third-order valence-electron chi connectivity index (χ3n) is 11.9. The second-order valence-corrected chi connectivity index (χ2v) is 13.2. The summed E-state index contributed by atoms with van der Waals surface area (Å²) in [6, 6.07) is 0. The summed E-state index contributed by atoms with van der Waals surface area (Å²) in [6.45, 7) is 4.13. The number of hydrogen-bond donors (Lipinski definition) is 4. The molecule has 0 unspecified atom stereocenters. The van der Waals surface area contributed by atoms with E-state index in [0.717, 1.165) is 37.7 Å². The van der Waals surface area contributed by atoms with Gasteiger partial charge in [-0.2, -0.15) is 0 Å². The molecule has 9 nitrogen and oxygen atoms in total. The molecule has 2 aliphatic heterocycles. The smallest absolute Gasteiger partial charge is 0.331 e. The highest BCUT2D eigenvalue weighted by Crippen LogP contribution is 2.69. The molecule has 0 aromatic rings. The van der Waals surface area contributed by atoms with E-state index in [-0.39, 0.29) is 41.2 Å². The van der Waals surface area contributed by atoms with Gasteiger partial charge in [0.05, 0.1) is 17.8 Å². The van der Waals surface area contributed by atoms with E-state index < -0.39 is 41.7 Å². The third-order valence-corrected chi connectivity index (χ3v) is 11.9. The van der Waals surface area contributed by atoms with Crippen LogP contribution in [0.3, 0.4) is 0 Å². The van der Waals surface area contributed by atoms with Gasteiger partial charge in [0.15, 0.2) is 6.29 Å². The van der Waals surface area contributed by atoms with Crippen molar-refractivity contribution in [2.24, 2.45) is 34.5 Å². The van der Waals surface area contributed by atoms with Crippen LogP contribution in [-0.2, 0) is 23.8 Å². The zero-order valence-electron chi connectivity index (χ0n) is 22.3. The highest BCUT2D eigenvalue weighted by atomic mass is 16.7. The van der Waals surface area contributed by atoms with Gasteiger partial charge in [0, 0.05) is 16.9 Å². The van der Waals surface area contributed by atoms with Gasteiger partial charge >= 0.3 is 5.97 Å². The van der Waals surface area contributed by atoms with Crippen molar-refractivity contribution >= 4 is 12.3 Å². The topological polar surface area (TPSA) is 143 Å². The molecule has 0 amide bonds. The van der Waals surface area contributed by atoms with Gasteiger partial charge in [-0.1, -0.05) is 6.92 Å². The van der Waals surface area contributed by atoms with Crippen LogP contribution in [0.25, 0.3) is 0 Å². The predicted molar refractivity (Wildman–Crippen MR) is 133 cm³/mol. The molecule has 9 heteroatoms. The summed E-state index contributed by atoms with van der Waals surface area (Å²) in [5.41, 5.74) is -0.739. The lowest BCUT2D eigenvalue weighted by Crippen LogP contribution is -2.63. The summed E-state index contributed by atoms with van der Waals surface area (Å²) in [4.78, 5) is 24.7. The van der Waals surface area contributed by atoms with Crippen molar-refractivity contribution in [3.63, 3.8) is 0 Å². The van der Waals surface area contributed by atoms with Crippen LogP contribution in [-0.4, -0.2) is 81.7 Å². The summed E-state index contributed by atoms with van der Waals surface area (Å²) < 4.78 is 17.0. The van der Waals surface area contributed by atoms with E-state index in [0.29, 0.717) is 32.3 Å². The van der Waals surface area contributed by atoms with Crippen molar-refractivity contribution in [2.45, 2.75) is 114 Å². The molecule has 2 heterocycles. The number of aldehydes is 1. The Balaban J connectivity index is 1.19. The van der Waals surface area contributed by atoms with E-state index in [4.69, 9.17) is 14.2 Å². The van der Waals surface area contributed by atoms with E-state index in [1.165, 1.54) is 6.29 Å². The maximum absolute atomic E-state index is 12.9. The molecular formula is C29H42O9. The van der Waals surface area contributed by atoms with Crippen LogP contribution in [0.4, 0.5) is 0 Å². The number of esters is 1. The fourth-order valence-corrected chi connectivity index (χ4v) is 9.73. The largest absolute Gasteiger partial charge is 0.458 e. The minimum absolute atomic E-state index is 0.0322. The van der Waals surface area contributed by atoms with Crippen molar-refractivity contribution in [3.05, 3.63) is 11.6 Å². The lowest BCUT2D eigenvalue weighted by atomic mass is 9.43. The SMILES string of the molecule is C[C@H]1O[C@H](O[C@H]2CC[C@@]3(C=O)[C@@H](CC[C@@H]4[C@@H]3CC[C@]3(C)[C@@H](C5=CC(=O)OC5)CC[C@]43O)C2)[C@H](O)[C@H](O)[C@@H]1O. The molecule has 4 N–H and O–H groups in total. The van der Waals surface area contributed by atoms with Crippen molar-refractivity contribution < 1.29 is 44.2 Å². The van der Waals surface area contributed by atoms with Crippen molar-refractivity contribution in [1.29, 1.82) is 0 Å². The van der Waals surface area contributed by atoms with Gasteiger partial charge in [0.1, 0.15) is 31.2 Å². The van der Waals surface area contributed by atoms with E-state index in [1.807, 2.05) is 0 Å². The monoisotopic (exact) mass is 534 g/mol. The van der Waals surface area contributed by atoms with Gasteiger partial charge in [0.2, 0.25) is 0 Å². The van der Waals surface area contributed by atoms with Gasteiger partial charge < -0.3 is 39.4 Å². The van der Waals surface area contributed by atoms with E-state index in [1.54, 1.807) is 13.0 Å². The number of hydrogen-bond acceptors (Lipinski definition) is 9. The van der Waals surface area contributed by atoms with Crippen LogP contribution in [0.2, 0.25) is 0 Å². The van der Waals surface area contributed by atoms with Crippen LogP contribution in [0.5, 0.6) is 0 Å². The summed E-state index contributed by atoms with van der Waals surface area (Å²) in [5.74, 6) is 0.0678. The minimum Gasteiger partial charge on any atom is -0.458 e. The first-order chi connectivity index (χ1) is 18.0. The lowest BCUT2D eigenvalue weighted by molar-refractivity contribution is -0.309. The van der Waals surface area contributed by atoms with E-state index in [2.05, 4.69) is 6.92 Å². The fraction of sp³-hybridized carbons (Fsp3) is 0.862. The van der Waals surface area contributed by atoms with Gasteiger partial charge in [-0.15, -0.1) is 0 Å². The number of ether oxygens (including phenoxy) is 3. The Morgan fingerprint density at radius 1 is 1.00 bits per heavy atom. The highest BCUT2D eigenvalue weighted by molar-refractivity contribution is 5.85. The molecule has 0 aromatic heterocycles. The molecule has 0 aromatic carbocycles. The number of rotatable bonds is 4. The average molecular weight is 535 g/mol. The summed E-state index contributed by atoms with van der Waals surface area (Å²) in [5, 5.41) is 42.9. The number of carbonyl (C=O) groups excluding carboxylic acids is 2. The minimum atomic E-state index is -1.34. The van der Waals surface area contributed by atoms with Crippen molar-refractivity contribution in [3.8, 4) is 0 Å². The molecule has 6 aliphatic rings. The second-order valence-electron chi connectivity index (χ2n) is 13.2. The molecule has 212 valence electrons. The Kier molecular flexibility index (Phi) is 6.60. The van der Waals surface area contributed by atoms with E-state index in [9.17, 15) is 30.0 Å². The van der Waals surface area contributed by atoms with Crippen LogP contribution in [0, 0.1) is 34.5 Å². The maximum Gasteiger partial charge on any atom is 0.331 e. The zero-order valence-corrected chi connectivity index (χ0v) is 22.3. The van der Waals surface area contributed by atoms with Gasteiger partial charge in [-0.05, 0) is 94.0 Å². The number of aliphatic hydroxyl groups is 4. The molecule has 4 saturated carbocycles. The first-order valence-corrected chi connectivity index (χ1v) is 14.4. The molecule has 13 atom stereocenters. The first kappa shape index (κ1) is 26.8. The summed E-state index contributed by atoms with van der Waals surface area (Å²) in [6.07, 6.45) is 3.80. The summed E-state index contributed by atoms with van der Waals surface area (Å²) in [7, 11) is 0. The summed E-state index contributed by atoms with van der Waals surface area (Å²) >= 11 is 0. The maximum atomic E-state index is 12.9. The molecular weight excluding hydrogens is 492 g/mol. The highest BCUT2D eigenvalue weighted by Gasteiger charge is 2.68. The standard InChI is InChI=1S/C29H42O9/c1-15-23(32)24(33)25(34)26(37-15)38-18-5-9-28(14-30)17(12-18)3-4-21-20(28)6-8-27(2)19(7-10-29(21,27)35)16-11-22(31)36-13-16/h11,14-15,17-21,23-26,32-35H,3-10,12-13H2,1-2H3/t15-,17+,18+,19-,20+,21-,23-,24-,25-,26-,27-,28-,29+/m1/s1. The Bertz CT molecular complexity index is 999. The van der Waals surface area contributed by atoms with Gasteiger partial charge in [-0.3, -0.25) is 0 Å². The molecule has 38 heavy (non-hydrogen) atoms. The van der Waals surface area contributed by atoms with Crippen LogP contribution in [0.1, 0.15) is 71.6 Å². The predicted octanol–water partition coefficient (Wildman–Crippen LogP) is 1.64. The Morgan fingerprint density at radius 3 is 2.50 bits per heavy atom. The lowest BCUT2D eigenvalue weighted by Gasteiger charge is -2.63. The molecule has 0 bridgehead atoms. The average Bonchev–Trinajstić information content (AvgIpc) is 3.45. The molecule has 0 radical (unpaired) electrons. The van der Waals surface area contributed by atoms with Gasteiger partial charge in [-0.25, -0.2) is 4.79 Å². The number of fused-ring (bicyclic) bond motifs is 5. The van der Waals surface area contributed by atoms with E-state index >= 15 is 0 Å². The molecule has 1 saturated heterocycles. The Morgan fingerprint density at radius 2 is 1.79 bits per heavy atom. The molecule has 4 aliphatic carbocycles. The normalized spacial score (nSPS) is 54.4. The number of cyclic esters (lactones) is 1. The van der Waals surface area contributed by atoms with Crippen LogP contribution >= 0.6 is 0 Å². The van der Waals surface area contributed by atoms with Gasteiger partial charge in [0.25, 0.3) is 0 Å². The Labute approximate surface area is 223 Å². The fourth-order valence-electron chi connectivity index (χ4n) is 9.73. The van der Waals surface area contributed by atoms with Crippen molar-refractivity contribution in [1.82, 2.24) is 0 Å². The number of aliphatic hydroxyl groups excluding tert-OH is 3. The van der Waals surface area contributed by atoms with Crippen molar-refractivity contribution in [2.75, 3.05) is 6.61 Å². The number of carbonyl (C=O) groups is 2. The molecule has 5 fully saturated rings. The second kappa shape index (κ2) is 9.35. The third kappa shape index (κ3) is 3.72. The van der Waals surface area contributed by atoms with Crippen LogP contribution < -0.4 is 0 Å². The Hall–Kier alpha value is -1.36. The quantitative estimate of drug-likeness (QED) is 0.240. The molecule has 6 rings (SSSR count). The van der Waals surface area contributed by atoms with Crippen LogP contribution in [0.15, 0.2) is 11.6 Å².